The van der Waals surface area contributed by atoms with Crippen LogP contribution >= 0.6 is 0 Å². The number of imide groups is 1. The highest BCUT2D eigenvalue weighted by molar-refractivity contribution is 6.13. The first kappa shape index (κ1) is 13.7. The lowest BCUT2D eigenvalue weighted by Gasteiger charge is -2.23. The van der Waals surface area contributed by atoms with E-state index in [0.29, 0.717) is 5.57 Å². The van der Waals surface area contributed by atoms with Crippen LogP contribution in [0.3, 0.4) is 0 Å². The lowest BCUT2D eigenvalue weighted by Crippen LogP contribution is -2.35. The van der Waals surface area contributed by atoms with Gasteiger partial charge in [0.05, 0.1) is 6.42 Å². The molecule has 0 aromatic rings. The molecule has 0 unspecified atom stereocenters. The zero-order valence-corrected chi connectivity index (χ0v) is 11.5. The SMILES string of the molecule is CO[C@H]1[C@H]2OC(C)(C)O[C@H]2O[C@H]1/C=C1\CC(=O)NC1=O. The second-order valence-corrected chi connectivity index (χ2v) is 5.52. The minimum Gasteiger partial charge on any atom is -0.375 e. The Morgan fingerprint density at radius 2 is 2.10 bits per heavy atom. The Balaban J connectivity index is 1.78. The summed E-state index contributed by atoms with van der Waals surface area (Å²) in [5.74, 6) is -1.40. The van der Waals surface area contributed by atoms with E-state index in [4.69, 9.17) is 18.9 Å². The molecule has 0 spiro atoms. The fourth-order valence-electron chi connectivity index (χ4n) is 2.74. The number of hydrogen-bond donors (Lipinski definition) is 1. The predicted molar refractivity (Wildman–Crippen MR) is 65.3 cm³/mol. The minimum atomic E-state index is -0.717. The van der Waals surface area contributed by atoms with Gasteiger partial charge in [0.2, 0.25) is 5.91 Å². The fraction of sp³-hybridized carbons (Fsp3) is 0.692. The number of carbonyl (C=O) groups is 2. The third-order valence-corrected chi connectivity index (χ3v) is 3.56. The summed E-state index contributed by atoms with van der Waals surface area (Å²) in [6.07, 6.45) is -0.0473. The van der Waals surface area contributed by atoms with Crippen molar-refractivity contribution in [3.8, 4) is 0 Å². The molecule has 7 heteroatoms. The molecule has 110 valence electrons. The van der Waals surface area contributed by atoms with Crippen LogP contribution in [0.5, 0.6) is 0 Å². The van der Waals surface area contributed by atoms with Crippen LogP contribution in [-0.2, 0) is 28.5 Å². The van der Waals surface area contributed by atoms with Crippen molar-refractivity contribution in [2.45, 2.75) is 50.7 Å². The first-order chi connectivity index (χ1) is 9.39. The van der Waals surface area contributed by atoms with Gasteiger partial charge in [-0.15, -0.1) is 0 Å². The summed E-state index contributed by atoms with van der Waals surface area (Å²) >= 11 is 0. The van der Waals surface area contributed by atoms with Gasteiger partial charge in [0, 0.05) is 12.7 Å². The van der Waals surface area contributed by atoms with Gasteiger partial charge >= 0.3 is 0 Å². The fourth-order valence-corrected chi connectivity index (χ4v) is 2.74. The number of methoxy groups -OCH3 is 1. The van der Waals surface area contributed by atoms with E-state index >= 15 is 0 Å². The van der Waals surface area contributed by atoms with Gasteiger partial charge in [-0.2, -0.15) is 0 Å². The van der Waals surface area contributed by atoms with Crippen LogP contribution in [-0.4, -0.2) is 49.3 Å². The highest BCUT2D eigenvalue weighted by Crippen LogP contribution is 2.39. The van der Waals surface area contributed by atoms with Crippen LogP contribution in [0.25, 0.3) is 0 Å². The Kier molecular flexibility index (Phi) is 3.17. The standard InChI is InChI=1S/C13H17NO6/c1-13(2)19-10-9(17-3)7(18-12(10)20-13)4-6-5-8(15)14-11(6)16/h4,7,9-10,12H,5H2,1-3H3,(H,14,15,16)/b6-4+/t7-,9+,10+,12+/m0/s1. The average Bonchev–Trinajstić information content (AvgIpc) is 2.89. The molecule has 20 heavy (non-hydrogen) atoms. The molecule has 3 aliphatic rings. The Bertz CT molecular complexity index is 485. The maximum Gasteiger partial charge on any atom is 0.254 e. The molecule has 0 aromatic heterocycles. The highest BCUT2D eigenvalue weighted by atomic mass is 16.8. The maximum absolute atomic E-state index is 11.6. The molecule has 3 heterocycles. The van der Waals surface area contributed by atoms with Crippen LogP contribution in [0, 0.1) is 0 Å². The molecule has 3 aliphatic heterocycles. The Morgan fingerprint density at radius 3 is 2.70 bits per heavy atom. The highest BCUT2D eigenvalue weighted by Gasteiger charge is 2.54. The number of ether oxygens (including phenoxy) is 4. The van der Waals surface area contributed by atoms with Crippen LogP contribution in [0.2, 0.25) is 0 Å². The van der Waals surface area contributed by atoms with E-state index in [0.717, 1.165) is 0 Å². The van der Waals surface area contributed by atoms with Crippen molar-refractivity contribution >= 4 is 11.8 Å². The summed E-state index contributed by atoms with van der Waals surface area (Å²) in [6.45, 7) is 3.61. The smallest absolute Gasteiger partial charge is 0.254 e. The van der Waals surface area contributed by atoms with E-state index in [1.54, 1.807) is 27.0 Å². The van der Waals surface area contributed by atoms with Gasteiger partial charge in [0.15, 0.2) is 12.1 Å². The van der Waals surface area contributed by atoms with Crippen molar-refractivity contribution in [1.29, 1.82) is 0 Å². The number of carbonyl (C=O) groups excluding carboxylic acids is 2. The average molecular weight is 283 g/mol. The van der Waals surface area contributed by atoms with E-state index in [9.17, 15) is 9.59 Å². The first-order valence-corrected chi connectivity index (χ1v) is 6.48. The number of amides is 2. The summed E-state index contributed by atoms with van der Waals surface area (Å²) < 4.78 is 22.5. The molecule has 0 radical (unpaired) electrons. The normalized spacial score (nSPS) is 41.2. The van der Waals surface area contributed by atoms with E-state index in [2.05, 4.69) is 5.32 Å². The zero-order valence-electron chi connectivity index (χ0n) is 11.5. The number of hydrogen-bond acceptors (Lipinski definition) is 6. The molecule has 0 aromatic carbocycles. The van der Waals surface area contributed by atoms with Crippen molar-refractivity contribution in [2.24, 2.45) is 0 Å². The van der Waals surface area contributed by atoms with Crippen molar-refractivity contribution in [1.82, 2.24) is 5.32 Å². The maximum atomic E-state index is 11.6. The molecule has 0 bridgehead atoms. The van der Waals surface area contributed by atoms with Crippen LogP contribution in [0.4, 0.5) is 0 Å². The minimum absolute atomic E-state index is 0.0671. The third kappa shape index (κ3) is 2.26. The van der Waals surface area contributed by atoms with Crippen molar-refractivity contribution in [3.05, 3.63) is 11.6 Å². The summed E-state index contributed by atoms with van der Waals surface area (Å²) in [5.41, 5.74) is 0.390. The topological polar surface area (TPSA) is 83.1 Å². The lowest BCUT2D eigenvalue weighted by atomic mass is 10.1. The van der Waals surface area contributed by atoms with E-state index in [1.165, 1.54) is 0 Å². The van der Waals surface area contributed by atoms with Gasteiger partial charge < -0.3 is 18.9 Å². The molecule has 3 rings (SSSR count). The predicted octanol–water partition coefficient (Wildman–Crippen LogP) is -0.149. The zero-order chi connectivity index (χ0) is 14.5. The van der Waals surface area contributed by atoms with E-state index in [1.807, 2.05) is 0 Å². The van der Waals surface area contributed by atoms with Crippen molar-refractivity contribution < 1.29 is 28.5 Å². The molecule has 3 fully saturated rings. The molecule has 2 amide bonds. The Hall–Kier alpha value is -1.28. The molecule has 7 nitrogen and oxygen atoms in total. The third-order valence-electron chi connectivity index (χ3n) is 3.56. The molecule has 0 saturated carbocycles. The monoisotopic (exact) mass is 283 g/mol. The summed E-state index contributed by atoms with van der Waals surface area (Å²) in [7, 11) is 1.55. The second-order valence-electron chi connectivity index (χ2n) is 5.52. The van der Waals surface area contributed by atoms with Gasteiger partial charge in [-0.05, 0) is 19.9 Å². The Morgan fingerprint density at radius 1 is 1.35 bits per heavy atom. The van der Waals surface area contributed by atoms with Crippen LogP contribution in [0.15, 0.2) is 11.6 Å². The van der Waals surface area contributed by atoms with Gasteiger partial charge in [-0.25, -0.2) is 0 Å². The van der Waals surface area contributed by atoms with Gasteiger partial charge in [-0.1, -0.05) is 0 Å². The van der Waals surface area contributed by atoms with Gasteiger partial charge in [0.25, 0.3) is 5.91 Å². The van der Waals surface area contributed by atoms with Crippen molar-refractivity contribution in [2.75, 3.05) is 7.11 Å². The van der Waals surface area contributed by atoms with Crippen molar-refractivity contribution in [3.63, 3.8) is 0 Å². The summed E-state index contributed by atoms with van der Waals surface area (Å²) in [4.78, 5) is 22.7. The molecular weight excluding hydrogens is 266 g/mol. The summed E-state index contributed by atoms with van der Waals surface area (Å²) in [5, 5.41) is 2.23. The molecule has 3 saturated heterocycles. The van der Waals surface area contributed by atoms with Crippen LogP contribution < -0.4 is 5.32 Å². The molecule has 1 N–H and O–H groups in total. The number of fused-ring (bicyclic) bond motifs is 1. The van der Waals surface area contributed by atoms with Gasteiger partial charge in [-0.3, -0.25) is 14.9 Å². The first-order valence-electron chi connectivity index (χ1n) is 6.48. The quantitative estimate of drug-likeness (QED) is 0.560. The summed E-state index contributed by atoms with van der Waals surface area (Å²) in [6, 6.07) is 0. The Labute approximate surface area is 116 Å². The number of rotatable bonds is 2. The number of nitrogens with one attached hydrogen (secondary N) is 1. The van der Waals surface area contributed by atoms with Gasteiger partial charge in [0.1, 0.15) is 18.3 Å². The lowest BCUT2D eigenvalue weighted by molar-refractivity contribution is -0.210. The van der Waals surface area contributed by atoms with E-state index in [-0.39, 0.29) is 30.4 Å². The molecule has 4 atom stereocenters. The van der Waals surface area contributed by atoms with Crippen LogP contribution in [0.1, 0.15) is 20.3 Å². The molecule has 0 aliphatic carbocycles. The van der Waals surface area contributed by atoms with E-state index < -0.39 is 18.2 Å². The molecular formula is C13H17NO6. The second kappa shape index (κ2) is 4.63. The largest absolute Gasteiger partial charge is 0.375 e.